The molecule has 1 heterocycles. The van der Waals surface area contributed by atoms with E-state index >= 15 is 0 Å². The van der Waals surface area contributed by atoms with Crippen molar-refractivity contribution < 1.29 is 0 Å². The van der Waals surface area contributed by atoms with Gasteiger partial charge in [-0.25, -0.2) is 4.98 Å². The lowest BCUT2D eigenvalue weighted by molar-refractivity contribution is 0.487. The number of thiazole rings is 1. The summed E-state index contributed by atoms with van der Waals surface area (Å²) in [4.78, 5) is 9.25. The molecule has 1 unspecified atom stereocenters. The largest absolute Gasteiger partial charge is 0.345 e. The van der Waals surface area contributed by atoms with Crippen molar-refractivity contribution in [3.8, 4) is 0 Å². The minimum atomic E-state index is 0.475. The minimum Gasteiger partial charge on any atom is -0.345 e. The summed E-state index contributed by atoms with van der Waals surface area (Å²) in [5.74, 6) is 0.701. The van der Waals surface area contributed by atoms with E-state index in [0.29, 0.717) is 12.0 Å². The van der Waals surface area contributed by atoms with Crippen LogP contribution in [0.25, 0.3) is 0 Å². The highest BCUT2D eigenvalue weighted by Gasteiger charge is 2.29. The molecule has 0 bridgehead atoms. The number of rotatable bonds is 5. The molecule has 21 heavy (non-hydrogen) atoms. The van der Waals surface area contributed by atoms with Gasteiger partial charge in [0.05, 0.1) is 11.7 Å². The predicted molar refractivity (Wildman–Crippen MR) is 91.3 cm³/mol. The van der Waals surface area contributed by atoms with Crippen LogP contribution < -0.4 is 10.2 Å². The quantitative estimate of drug-likeness (QED) is 0.886. The first-order valence-corrected chi connectivity index (χ1v) is 9.44. The summed E-state index contributed by atoms with van der Waals surface area (Å²) in [6, 6.07) is 1.20. The van der Waals surface area contributed by atoms with Gasteiger partial charge >= 0.3 is 0 Å². The van der Waals surface area contributed by atoms with E-state index in [9.17, 15) is 0 Å². The molecule has 1 fully saturated rings. The van der Waals surface area contributed by atoms with Crippen molar-refractivity contribution in [2.45, 2.75) is 70.9 Å². The molecule has 0 saturated heterocycles. The average Bonchev–Trinajstić information content (AvgIpc) is 3.12. The van der Waals surface area contributed by atoms with E-state index in [-0.39, 0.29) is 0 Å². The molecule has 4 heteroatoms. The fourth-order valence-corrected chi connectivity index (χ4v) is 5.05. The predicted octanol–water partition coefficient (Wildman–Crippen LogP) is 4.14. The Morgan fingerprint density at radius 3 is 2.67 bits per heavy atom. The van der Waals surface area contributed by atoms with Gasteiger partial charge in [-0.1, -0.05) is 26.7 Å². The number of nitrogens with zero attached hydrogens (tertiary/aromatic N) is 2. The van der Waals surface area contributed by atoms with Crippen LogP contribution in [0.1, 0.15) is 69.0 Å². The summed E-state index contributed by atoms with van der Waals surface area (Å²) in [6.45, 7) is 5.80. The number of anilines is 1. The van der Waals surface area contributed by atoms with Crippen LogP contribution in [0.4, 0.5) is 5.13 Å². The van der Waals surface area contributed by atoms with Crippen molar-refractivity contribution in [3.05, 3.63) is 10.6 Å². The highest BCUT2D eigenvalue weighted by molar-refractivity contribution is 7.15. The zero-order chi connectivity index (χ0) is 14.8. The molecule has 2 aliphatic rings. The van der Waals surface area contributed by atoms with Crippen molar-refractivity contribution >= 4 is 16.5 Å². The summed E-state index contributed by atoms with van der Waals surface area (Å²) in [5, 5.41) is 4.74. The fraction of sp³-hybridized carbons (Fsp3) is 0.824. The van der Waals surface area contributed by atoms with E-state index in [1.807, 2.05) is 11.3 Å². The molecular weight excluding hydrogens is 278 g/mol. The second kappa shape index (κ2) is 6.66. The summed E-state index contributed by atoms with van der Waals surface area (Å²) in [6.07, 6.45) is 9.26. The van der Waals surface area contributed by atoms with Crippen LogP contribution in [0.3, 0.4) is 0 Å². The highest BCUT2D eigenvalue weighted by Crippen LogP contribution is 2.39. The Balaban J connectivity index is 1.86. The second-order valence-corrected chi connectivity index (χ2v) is 8.08. The number of hydrogen-bond donors (Lipinski definition) is 1. The van der Waals surface area contributed by atoms with Gasteiger partial charge in [0.2, 0.25) is 0 Å². The minimum absolute atomic E-state index is 0.475. The molecule has 1 aromatic rings. The molecule has 3 rings (SSSR count). The van der Waals surface area contributed by atoms with E-state index in [1.165, 1.54) is 60.6 Å². The van der Waals surface area contributed by atoms with Gasteiger partial charge in [0.25, 0.3) is 0 Å². The Kier molecular flexibility index (Phi) is 4.85. The Bertz CT molecular complexity index is 463. The number of aromatic nitrogens is 1. The average molecular weight is 308 g/mol. The molecule has 1 atom stereocenters. The first-order chi connectivity index (χ1) is 10.2. The lowest BCUT2D eigenvalue weighted by Crippen LogP contribution is -2.36. The lowest BCUT2D eigenvalue weighted by atomic mass is 9.98. The third-order valence-electron chi connectivity index (χ3n) is 4.86. The normalized spacial score (nSPS) is 22.8. The first-order valence-electron chi connectivity index (χ1n) is 8.62. The maximum Gasteiger partial charge on any atom is 0.186 e. The van der Waals surface area contributed by atoms with Gasteiger partial charge in [0, 0.05) is 17.5 Å². The molecule has 0 amide bonds. The molecule has 1 N–H and O–H groups in total. The Morgan fingerprint density at radius 2 is 2.00 bits per heavy atom. The van der Waals surface area contributed by atoms with Gasteiger partial charge in [0.15, 0.2) is 5.13 Å². The van der Waals surface area contributed by atoms with Crippen LogP contribution in [-0.4, -0.2) is 24.6 Å². The van der Waals surface area contributed by atoms with Crippen LogP contribution >= 0.6 is 11.3 Å². The van der Waals surface area contributed by atoms with Crippen LogP contribution in [0.15, 0.2) is 0 Å². The van der Waals surface area contributed by atoms with Crippen molar-refractivity contribution in [2.24, 2.45) is 5.92 Å². The Labute approximate surface area is 133 Å². The topological polar surface area (TPSA) is 28.2 Å². The second-order valence-electron chi connectivity index (χ2n) is 7.02. The van der Waals surface area contributed by atoms with Crippen molar-refractivity contribution in [2.75, 3.05) is 18.5 Å². The SMILES string of the molecule is CNC1CCCc2sc(N(CC(C)C)C3CCCC3)nc21. The standard InChI is InChI=1S/C17H29N3S/c1-12(2)11-20(13-7-4-5-8-13)17-19-16-14(18-3)9-6-10-15(16)21-17/h12-14,18H,4-11H2,1-3H3. The molecule has 0 aliphatic heterocycles. The van der Waals surface area contributed by atoms with Crippen LogP contribution in [0.5, 0.6) is 0 Å². The molecule has 3 nitrogen and oxygen atoms in total. The van der Waals surface area contributed by atoms with Gasteiger partial charge < -0.3 is 10.2 Å². The molecule has 0 aromatic carbocycles. The molecule has 118 valence electrons. The zero-order valence-corrected chi connectivity index (χ0v) is 14.5. The molecule has 1 aromatic heterocycles. The maximum atomic E-state index is 5.08. The molecule has 2 aliphatic carbocycles. The number of fused-ring (bicyclic) bond motifs is 1. The number of aryl methyl sites for hydroxylation is 1. The number of nitrogens with one attached hydrogen (secondary N) is 1. The Hall–Kier alpha value is -0.610. The van der Waals surface area contributed by atoms with E-state index in [4.69, 9.17) is 4.98 Å². The summed E-state index contributed by atoms with van der Waals surface area (Å²) in [5.41, 5.74) is 1.34. The van der Waals surface area contributed by atoms with Crippen LogP contribution in [-0.2, 0) is 6.42 Å². The lowest BCUT2D eigenvalue weighted by Gasteiger charge is -2.30. The third-order valence-corrected chi connectivity index (χ3v) is 6.03. The molecule has 0 spiro atoms. The van der Waals surface area contributed by atoms with Gasteiger partial charge in [-0.2, -0.15) is 0 Å². The molecular formula is C17H29N3S. The first kappa shape index (κ1) is 15.3. The van der Waals surface area contributed by atoms with Crippen molar-refractivity contribution in [3.63, 3.8) is 0 Å². The fourth-order valence-electron chi connectivity index (χ4n) is 3.80. The molecule has 1 saturated carbocycles. The zero-order valence-electron chi connectivity index (χ0n) is 13.7. The van der Waals surface area contributed by atoms with Gasteiger partial charge in [0.1, 0.15) is 0 Å². The highest BCUT2D eigenvalue weighted by atomic mass is 32.1. The van der Waals surface area contributed by atoms with Crippen molar-refractivity contribution in [1.29, 1.82) is 0 Å². The summed E-state index contributed by atoms with van der Waals surface area (Å²) < 4.78 is 0. The van der Waals surface area contributed by atoms with E-state index < -0.39 is 0 Å². The van der Waals surface area contributed by atoms with Gasteiger partial charge in [-0.05, 0) is 45.1 Å². The monoisotopic (exact) mass is 307 g/mol. The third kappa shape index (κ3) is 3.26. The number of hydrogen-bond acceptors (Lipinski definition) is 4. The Morgan fingerprint density at radius 1 is 1.24 bits per heavy atom. The van der Waals surface area contributed by atoms with Gasteiger partial charge in [-0.3, -0.25) is 0 Å². The summed E-state index contributed by atoms with van der Waals surface area (Å²) >= 11 is 1.97. The molecule has 0 radical (unpaired) electrons. The van der Waals surface area contributed by atoms with Crippen LogP contribution in [0.2, 0.25) is 0 Å². The van der Waals surface area contributed by atoms with Gasteiger partial charge in [-0.15, -0.1) is 11.3 Å². The van der Waals surface area contributed by atoms with E-state index in [2.05, 4.69) is 31.1 Å². The summed E-state index contributed by atoms with van der Waals surface area (Å²) in [7, 11) is 2.07. The smallest absolute Gasteiger partial charge is 0.186 e. The van der Waals surface area contributed by atoms with Crippen molar-refractivity contribution in [1.82, 2.24) is 10.3 Å². The van der Waals surface area contributed by atoms with E-state index in [1.54, 1.807) is 0 Å². The maximum absolute atomic E-state index is 5.08. The van der Waals surface area contributed by atoms with E-state index in [0.717, 1.165) is 12.6 Å². The van der Waals surface area contributed by atoms with Crippen LogP contribution in [0, 0.1) is 5.92 Å².